The Hall–Kier alpha value is -2.51. The molecule has 0 fully saturated rings. The summed E-state index contributed by atoms with van der Waals surface area (Å²) in [6.07, 6.45) is 0.434. The average molecular weight is 413 g/mol. The molecule has 0 bridgehead atoms. The van der Waals surface area contributed by atoms with Gasteiger partial charge in [0, 0.05) is 33.0 Å². The van der Waals surface area contributed by atoms with Gasteiger partial charge in [0.15, 0.2) is 0 Å². The van der Waals surface area contributed by atoms with Gasteiger partial charge in [-0.15, -0.1) is 0 Å². The molecule has 0 unspecified atom stereocenters. The van der Waals surface area contributed by atoms with E-state index in [1.807, 2.05) is 30.7 Å². The Balaban J connectivity index is 0.000000970. The van der Waals surface area contributed by atoms with Crippen molar-refractivity contribution in [2.45, 2.75) is 20.3 Å². The van der Waals surface area contributed by atoms with Crippen molar-refractivity contribution in [1.29, 1.82) is 0 Å². The maximum absolute atomic E-state index is 12.3. The highest BCUT2D eigenvalue weighted by molar-refractivity contribution is 9.10. The minimum atomic E-state index is -0.437. The van der Waals surface area contributed by atoms with Crippen molar-refractivity contribution in [3.05, 3.63) is 43.5 Å². The van der Waals surface area contributed by atoms with E-state index in [1.54, 1.807) is 6.92 Å². The smallest absolute Gasteiger partial charge is 0.373 e. The van der Waals surface area contributed by atoms with Crippen molar-refractivity contribution < 1.29 is 24.0 Å². The third-order valence-electron chi connectivity index (χ3n) is 3.61. The minimum Gasteiger partial charge on any atom is -0.462 e. The summed E-state index contributed by atoms with van der Waals surface area (Å²) in [6, 6.07) is 3.82. The lowest BCUT2D eigenvalue weighted by atomic mass is 10.1. The van der Waals surface area contributed by atoms with E-state index in [0.29, 0.717) is 11.3 Å². The molecular weight excluding hydrogens is 396 g/mol. The molecule has 134 valence electrons. The van der Waals surface area contributed by atoms with Gasteiger partial charge in [-0.1, -0.05) is 15.9 Å². The van der Waals surface area contributed by atoms with Crippen LogP contribution in [-0.4, -0.2) is 34.8 Å². The van der Waals surface area contributed by atoms with Crippen LogP contribution in [0.1, 0.15) is 28.5 Å². The Kier molecular flexibility index (Phi) is 7.47. The zero-order chi connectivity index (χ0) is 19.1. The monoisotopic (exact) mass is 412 g/mol. The molecule has 0 aliphatic carbocycles. The predicted molar refractivity (Wildman–Crippen MR) is 91.9 cm³/mol. The Morgan fingerprint density at radius 1 is 1.40 bits per heavy atom. The van der Waals surface area contributed by atoms with E-state index in [1.165, 1.54) is 0 Å². The highest BCUT2D eigenvalue weighted by Crippen LogP contribution is 2.31. The Bertz CT molecular complexity index is 837. The Morgan fingerprint density at radius 2 is 2.00 bits per heavy atom. The highest BCUT2D eigenvalue weighted by Gasteiger charge is 2.23. The van der Waals surface area contributed by atoms with E-state index in [9.17, 15) is 14.9 Å². The molecule has 0 atom stereocenters. The first-order chi connectivity index (χ1) is 11.8. The first-order valence-corrected chi connectivity index (χ1v) is 8.13. The van der Waals surface area contributed by atoms with Crippen molar-refractivity contribution >= 4 is 39.0 Å². The van der Waals surface area contributed by atoms with Crippen LogP contribution in [0.2, 0.25) is 0 Å². The van der Waals surface area contributed by atoms with Crippen molar-refractivity contribution in [2.75, 3.05) is 13.2 Å². The molecule has 0 spiro atoms. The molecule has 1 aromatic carbocycles. The second kappa shape index (κ2) is 9.10. The van der Waals surface area contributed by atoms with Crippen LogP contribution in [0, 0.1) is 17.0 Å². The van der Waals surface area contributed by atoms with Crippen molar-refractivity contribution in [3.8, 4) is 0 Å². The number of carbonyl (C=O) groups excluding carboxylic acids is 3. The molecule has 2 rings (SSSR count). The Labute approximate surface area is 152 Å². The van der Waals surface area contributed by atoms with Gasteiger partial charge < -0.3 is 9.30 Å². The maximum Gasteiger partial charge on any atom is 0.373 e. The average Bonchev–Trinajstić information content (AvgIpc) is 2.79. The SMILES string of the molecule is CCOC(=O)c1c(CC[N+](=O)[O-])n(C)c2cc(Br)c(C)cc12.O=C=O. The minimum absolute atomic E-state index is 0.184. The fraction of sp³-hybridized carbons (Fsp3) is 0.375. The van der Waals surface area contributed by atoms with Gasteiger partial charge in [-0.25, -0.2) is 4.79 Å². The summed E-state index contributed by atoms with van der Waals surface area (Å²) in [6.45, 7) is 3.71. The van der Waals surface area contributed by atoms with Crippen molar-refractivity contribution in [1.82, 2.24) is 4.57 Å². The molecular formula is C16H17BrN2O6. The summed E-state index contributed by atoms with van der Waals surface area (Å²) in [5.74, 6) is -0.437. The second-order valence-electron chi connectivity index (χ2n) is 5.11. The standard InChI is InChI=1S/C15H17BrN2O4.CO2/c1-4-22-15(19)14-10-7-9(2)11(16)8-13(10)17(3)12(14)5-6-18(20)21;2-1-3/h7-8H,4-6H2,1-3H3;. The van der Waals surface area contributed by atoms with Gasteiger partial charge in [0.25, 0.3) is 0 Å². The number of aryl methyl sites for hydroxylation is 2. The van der Waals surface area contributed by atoms with E-state index in [-0.39, 0.29) is 30.6 Å². The summed E-state index contributed by atoms with van der Waals surface area (Å²) in [7, 11) is 1.81. The number of hydrogen-bond donors (Lipinski definition) is 0. The number of nitro groups is 1. The molecule has 0 N–H and O–H groups in total. The van der Waals surface area contributed by atoms with Crippen LogP contribution in [0.4, 0.5) is 0 Å². The van der Waals surface area contributed by atoms with Gasteiger partial charge >= 0.3 is 12.1 Å². The first-order valence-electron chi connectivity index (χ1n) is 7.34. The number of rotatable bonds is 5. The summed E-state index contributed by atoms with van der Waals surface area (Å²) >= 11 is 3.48. The van der Waals surface area contributed by atoms with Crippen LogP contribution in [0.3, 0.4) is 0 Å². The molecule has 8 nitrogen and oxygen atoms in total. The van der Waals surface area contributed by atoms with Crippen LogP contribution in [-0.2, 0) is 27.8 Å². The van der Waals surface area contributed by atoms with Crippen molar-refractivity contribution in [2.24, 2.45) is 7.05 Å². The molecule has 25 heavy (non-hydrogen) atoms. The number of halogens is 1. The van der Waals surface area contributed by atoms with Gasteiger partial charge in [0.2, 0.25) is 6.54 Å². The van der Waals surface area contributed by atoms with E-state index >= 15 is 0 Å². The number of carbonyl (C=O) groups is 1. The number of ether oxygens (including phenoxy) is 1. The Morgan fingerprint density at radius 3 is 2.52 bits per heavy atom. The summed E-state index contributed by atoms with van der Waals surface area (Å²) < 4.78 is 7.89. The summed E-state index contributed by atoms with van der Waals surface area (Å²) in [5, 5.41) is 11.5. The number of hydrogen-bond acceptors (Lipinski definition) is 6. The van der Waals surface area contributed by atoms with Gasteiger partial charge in [-0.05, 0) is 31.5 Å². The topological polar surface area (TPSA) is 109 Å². The van der Waals surface area contributed by atoms with Gasteiger partial charge in [-0.2, -0.15) is 9.59 Å². The molecule has 0 amide bonds. The van der Waals surface area contributed by atoms with E-state index < -0.39 is 5.97 Å². The van der Waals surface area contributed by atoms with Gasteiger partial charge in [-0.3, -0.25) is 10.1 Å². The lowest BCUT2D eigenvalue weighted by molar-refractivity contribution is -0.479. The molecule has 1 heterocycles. The quantitative estimate of drug-likeness (QED) is 0.424. The zero-order valence-corrected chi connectivity index (χ0v) is 15.6. The molecule has 0 aliphatic rings. The molecule has 9 heteroatoms. The molecule has 0 radical (unpaired) electrons. The van der Waals surface area contributed by atoms with Gasteiger partial charge in [0.1, 0.15) is 0 Å². The normalized spacial score (nSPS) is 9.92. The maximum atomic E-state index is 12.3. The van der Waals surface area contributed by atoms with Crippen LogP contribution < -0.4 is 0 Å². The zero-order valence-electron chi connectivity index (χ0n) is 14.0. The highest BCUT2D eigenvalue weighted by atomic mass is 79.9. The second-order valence-corrected chi connectivity index (χ2v) is 5.96. The first kappa shape index (κ1) is 20.5. The molecule has 0 aliphatic heterocycles. The molecule has 0 saturated heterocycles. The van der Waals surface area contributed by atoms with Crippen molar-refractivity contribution in [3.63, 3.8) is 0 Å². The van der Waals surface area contributed by atoms with E-state index in [2.05, 4.69) is 15.9 Å². The van der Waals surface area contributed by atoms with Crippen LogP contribution in [0.15, 0.2) is 16.6 Å². The summed E-state index contributed by atoms with van der Waals surface area (Å²) in [4.78, 5) is 38.9. The lowest BCUT2D eigenvalue weighted by Crippen LogP contribution is -2.13. The number of fused-ring (bicyclic) bond motifs is 1. The largest absolute Gasteiger partial charge is 0.462 e. The fourth-order valence-electron chi connectivity index (χ4n) is 2.54. The van der Waals surface area contributed by atoms with Crippen LogP contribution >= 0.6 is 15.9 Å². The lowest BCUT2D eigenvalue weighted by Gasteiger charge is -2.05. The van der Waals surface area contributed by atoms with Crippen LogP contribution in [0.5, 0.6) is 0 Å². The number of nitrogens with zero attached hydrogens (tertiary/aromatic N) is 2. The predicted octanol–water partition coefficient (Wildman–Crippen LogP) is 2.66. The third-order valence-corrected chi connectivity index (χ3v) is 4.47. The molecule has 0 saturated carbocycles. The van der Waals surface area contributed by atoms with E-state index in [4.69, 9.17) is 14.3 Å². The van der Waals surface area contributed by atoms with Gasteiger partial charge in [0.05, 0.1) is 18.6 Å². The van der Waals surface area contributed by atoms with Crippen LogP contribution in [0.25, 0.3) is 10.9 Å². The fourth-order valence-corrected chi connectivity index (χ4v) is 2.87. The molecule has 1 aromatic heterocycles. The number of esters is 1. The van der Waals surface area contributed by atoms with E-state index in [0.717, 1.165) is 20.9 Å². The molecule has 2 aromatic rings. The third kappa shape index (κ3) is 4.74. The number of aromatic nitrogens is 1. The summed E-state index contributed by atoms with van der Waals surface area (Å²) in [5.41, 5.74) is 2.89. The number of benzene rings is 1.